The third-order valence-electron chi connectivity index (χ3n) is 7.45. The SMILES string of the molecule is O=C1C(=Cc2c(N3CCN(c4ccccc4F)CC3)nc3ccccn3c2=O)SC(=S)N1Cc1ccc2c(c1)OCO2. The maximum atomic E-state index is 14.4. The lowest BCUT2D eigenvalue weighted by Crippen LogP contribution is -2.47. The Morgan fingerprint density at radius 3 is 2.55 bits per heavy atom. The van der Waals surface area contributed by atoms with Gasteiger partial charge in [0.2, 0.25) is 6.79 Å². The average molecular weight is 602 g/mol. The summed E-state index contributed by atoms with van der Waals surface area (Å²) in [5.74, 6) is 1.23. The van der Waals surface area contributed by atoms with E-state index in [1.165, 1.54) is 15.4 Å². The Morgan fingerprint density at radius 2 is 1.71 bits per heavy atom. The zero-order valence-corrected chi connectivity index (χ0v) is 23.9. The van der Waals surface area contributed by atoms with E-state index < -0.39 is 0 Å². The van der Waals surface area contributed by atoms with Crippen LogP contribution in [0.25, 0.3) is 11.7 Å². The van der Waals surface area contributed by atoms with Crippen molar-refractivity contribution < 1.29 is 18.7 Å². The van der Waals surface area contributed by atoms with Gasteiger partial charge >= 0.3 is 0 Å². The first-order chi connectivity index (χ1) is 20.5. The third-order valence-corrected chi connectivity index (χ3v) is 8.83. The van der Waals surface area contributed by atoms with Gasteiger partial charge in [-0.3, -0.25) is 18.9 Å². The molecular formula is C30H24FN5O4S2. The summed E-state index contributed by atoms with van der Waals surface area (Å²) in [6.07, 6.45) is 3.26. The molecule has 1 amide bonds. The number of hydrogen-bond donors (Lipinski definition) is 0. The molecule has 212 valence electrons. The molecule has 2 fully saturated rings. The highest BCUT2D eigenvalue weighted by molar-refractivity contribution is 8.26. The predicted molar refractivity (Wildman–Crippen MR) is 164 cm³/mol. The number of nitrogens with zero attached hydrogens (tertiary/aromatic N) is 5. The van der Waals surface area contributed by atoms with E-state index in [4.69, 9.17) is 26.7 Å². The van der Waals surface area contributed by atoms with Gasteiger partial charge in [-0.1, -0.05) is 48.2 Å². The van der Waals surface area contributed by atoms with Crippen LogP contribution in [0.5, 0.6) is 11.5 Å². The van der Waals surface area contributed by atoms with Gasteiger partial charge in [-0.25, -0.2) is 9.37 Å². The second-order valence-electron chi connectivity index (χ2n) is 9.96. The number of amides is 1. The van der Waals surface area contributed by atoms with Crippen LogP contribution in [0.3, 0.4) is 0 Å². The first-order valence-corrected chi connectivity index (χ1v) is 14.6. The van der Waals surface area contributed by atoms with Crippen molar-refractivity contribution in [2.24, 2.45) is 0 Å². The van der Waals surface area contributed by atoms with Crippen molar-refractivity contribution in [3.05, 3.63) is 99.1 Å². The maximum absolute atomic E-state index is 14.4. The van der Waals surface area contributed by atoms with Crippen molar-refractivity contribution in [2.75, 3.05) is 42.8 Å². The molecule has 0 N–H and O–H groups in total. The normalized spacial score (nSPS) is 17.6. The molecule has 4 aromatic rings. The molecule has 0 atom stereocenters. The van der Waals surface area contributed by atoms with Crippen molar-refractivity contribution in [1.29, 1.82) is 0 Å². The number of ether oxygens (including phenoxy) is 2. The minimum absolute atomic E-state index is 0.165. The van der Waals surface area contributed by atoms with E-state index in [0.29, 0.717) is 69.6 Å². The van der Waals surface area contributed by atoms with Crippen LogP contribution in [0, 0.1) is 5.82 Å². The maximum Gasteiger partial charge on any atom is 0.267 e. The van der Waals surface area contributed by atoms with Gasteiger partial charge in [0, 0.05) is 32.4 Å². The minimum atomic E-state index is -0.284. The van der Waals surface area contributed by atoms with E-state index >= 15 is 0 Å². The first-order valence-electron chi connectivity index (χ1n) is 13.4. The summed E-state index contributed by atoms with van der Waals surface area (Å²) in [5.41, 5.74) is 1.92. The highest BCUT2D eigenvalue weighted by Gasteiger charge is 2.34. The number of benzene rings is 2. The summed E-state index contributed by atoms with van der Waals surface area (Å²) >= 11 is 6.73. The number of halogens is 1. The molecule has 2 aromatic carbocycles. The summed E-state index contributed by atoms with van der Waals surface area (Å²) in [5, 5.41) is 0. The summed E-state index contributed by atoms with van der Waals surface area (Å²) in [6.45, 7) is 2.57. The Hall–Kier alpha value is -4.42. The number of aromatic nitrogens is 2. The molecule has 7 rings (SSSR count). The van der Waals surface area contributed by atoms with Crippen LogP contribution < -0.4 is 24.8 Å². The molecule has 0 unspecified atom stereocenters. The smallest absolute Gasteiger partial charge is 0.267 e. The molecule has 2 saturated heterocycles. The van der Waals surface area contributed by atoms with Gasteiger partial charge in [0.05, 0.1) is 22.7 Å². The van der Waals surface area contributed by atoms with Crippen molar-refractivity contribution in [1.82, 2.24) is 14.3 Å². The van der Waals surface area contributed by atoms with E-state index in [1.54, 1.807) is 36.5 Å². The van der Waals surface area contributed by atoms with Crippen molar-refractivity contribution in [3.63, 3.8) is 0 Å². The Labute approximate surface area is 249 Å². The van der Waals surface area contributed by atoms with Crippen LogP contribution in [0.15, 0.2) is 76.6 Å². The number of rotatable bonds is 5. The van der Waals surface area contributed by atoms with Gasteiger partial charge in [-0.2, -0.15) is 0 Å². The van der Waals surface area contributed by atoms with E-state index in [9.17, 15) is 14.0 Å². The molecule has 2 aromatic heterocycles. The first kappa shape index (κ1) is 26.5. The average Bonchev–Trinajstić information content (AvgIpc) is 3.58. The summed E-state index contributed by atoms with van der Waals surface area (Å²) in [4.78, 5) is 38.0. The lowest BCUT2D eigenvalue weighted by atomic mass is 10.2. The highest BCUT2D eigenvalue weighted by Crippen LogP contribution is 2.37. The number of carbonyl (C=O) groups is 1. The second-order valence-corrected chi connectivity index (χ2v) is 11.6. The highest BCUT2D eigenvalue weighted by atomic mass is 32.2. The molecule has 5 heterocycles. The zero-order chi connectivity index (χ0) is 28.8. The standard InChI is InChI=1S/C30H24FN5O4S2/c31-21-5-1-2-6-22(21)33-11-13-34(14-12-33)27-20(28(37)35-10-4-3-7-26(35)32-27)16-25-29(38)36(30(41)42-25)17-19-8-9-23-24(15-19)40-18-39-23/h1-10,15-16H,11-14,17-18H2. The lowest BCUT2D eigenvalue weighted by molar-refractivity contribution is -0.122. The van der Waals surface area contributed by atoms with Crippen molar-refractivity contribution in [3.8, 4) is 11.5 Å². The van der Waals surface area contributed by atoms with Gasteiger partial charge in [0.15, 0.2) is 11.5 Å². The topological polar surface area (TPSA) is 79.6 Å². The van der Waals surface area contributed by atoms with Gasteiger partial charge in [-0.15, -0.1) is 0 Å². The van der Waals surface area contributed by atoms with E-state index in [0.717, 1.165) is 17.3 Å². The summed E-state index contributed by atoms with van der Waals surface area (Å²) in [6, 6.07) is 17.6. The molecule has 3 aliphatic heterocycles. The number of anilines is 2. The molecule has 0 saturated carbocycles. The molecule has 0 radical (unpaired) electrons. The monoisotopic (exact) mass is 601 g/mol. The third kappa shape index (κ3) is 4.76. The molecule has 9 nitrogen and oxygen atoms in total. The fourth-order valence-corrected chi connectivity index (χ4v) is 6.55. The molecular weight excluding hydrogens is 577 g/mol. The van der Waals surface area contributed by atoms with Crippen LogP contribution in [-0.4, -0.2) is 57.5 Å². The Balaban J connectivity index is 1.20. The molecule has 42 heavy (non-hydrogen) atoms. The van der Waals surface area contributed by atoms with Crippen molar-refractivity contribution in [2.45, 2.75) is 6.54 Å². The molecule has 3 aliphatic rings. The second kappa shape index (κ2) is 10.8. The fourth-order valence-electron chi connectivity index (χ4n) is 5.32. The van der Waals surface area contributed by atoms with Crippen LogP contribution in [0.4, 0.5) is 15.9 Å². The Bertz CT molecular complexity index is 1840. The number of fused-ring (bicyclic) bond motifs is 2. The number of thioether (sulfide) groups is 1. The van der Waals surface area contributed by atoms with Crippen molar-refractivity contribution >= 4 is 57.4 Å². The Morgan fingerprint density at radius 1 is 0.952 bits per heavy atom. The molecule has 0 bridgehead atoms. The van der Waals surface area contributed by atoms with Gasteiger partial charge in [0.25, 0.3) is 11.5 Å². The van der Waals surface area contributed by atoms with Crippen LogP contribution in [0.2, 0.25) is 0 Å². The number of para-hydroxylation sites is 1. The van der Waals surface area contributed by atoms with E-state index in [-0.39, 0.29) is 30.6 Å². The van der Waals surface area contributed by atoms with Gasteiger partial charge in [-0.05, 0) is 48.0 Å². The van der Waals surface area contributed by atoms with E-state index in [1.807, 2.05) is 40.1 Å². The summed E-state index contributed by atoms with van der Waals surface area (Å²) < 4.78 is 27.2. The lowest BCUT2D eigenvalue weighted by Gasteiger charge is -2.37. The van der Waals surface area contributed by atoms with Crippen LogP contribution >= 0.6 is 24.0 Å². The summed E-state index contributed by atoms with van der Waals surface area (Å²) in [7, 11) is 0. The molecule has 12 heteroatoms. The Kier molecular flexibility index (Phi) is 6.79. The van der Waals surface area contributed by atoms with Crippen LogP contribution in [-0.2, 0) is 11.3 Å². The van der Waals surface area contributed by atoms with Crippen LogP contribution in [0.1, 0.15) is 11.1 Å². The fraction of sp³-hybridized carbons (Fsp3) is 0.200. The number of piperazine rings is 1. The molecule has 0 spiro atoms. The van der Waals surface area contributed by atoms with E-state index in [2.05, 4.69) is 0 Å². The minimum Gasteiger partial charge on any atom is -0.454 e. The largest absolute Gasteiger partial charge is 0.454 e. The van der Waals surface area contributed by atoms with Gasteiger partial charge in [0.1, 0.15) is 21.6 Å². The quantitative estimate of drug-likeness (QED) is 0.246. The number of carbonyl (C=O) groups excluding carboxylic acids is 1. The molecule has 0 aliphatic carbocycles. The zero-order valence-electron chi connectivity index (χ0n) is 22.2. The predicted octanol–water partition coefficient (Wildman–Crippen LogP) is 4.29. The number of thiocarbonyl (C=S) groups is 1. The number of hydrogen-bond acceptors (Lipinski definition) is 9. The number of pyridine rings is 1. The van der Waals surface area contributed by atoms with Gasteiger partial charge < -0.3 is 19.3 Å².